The molecule has 2 N–H and O–H groups in total. The Morgan fingerprint density at radius 3 is 2.48 bits per heavy atom. The predicted molar refractivity (Wildman–Crippen MR) is 113 cm³/mol. The predicted octanol–water partition coefficient (Wildman–Crippen LogP) is 3.23. The number of nitrogens with zero attached hydrogens (tertiary/aromatic N) is 2. The van der Waals surface area contributed by atoms with Crippen molar-refractivity contribution in [1.29, 1.82) is 0 Å². The third-order valence-corrected chi connectivity index (χ3v) is 5.21. The van der Waals surface area contributed by atoms with Gasteiger partial charge in [0.05, 0.1) is 24.1 Å². The van der Waals surface area contributed by atoms with Crippen molar-refractivity contribution in [2.45, 2.75) is 27.2 Å². The van der Waals surface area contributed by atoms with Crippen LogP contribution in [0.3, 0.4) is 0 Å². The SMILES string of the molecule is CCc1[nH]c(=O)c(-c2cc(=O)n3[nH]c(-c4ccc(OC)cc4)c(C)c3n2)cc1C. The summed E-state index contributed by atoms with van der Waals surface area (Å²) in [7, 11) is 1.62. The van der Waals surface area contributed by atoms with E-state index in [9.17, 15) is 9.59 Å². The molecule has 0 aliphatic rings. The number of H-pyrrole nitrogens is 2. The summed E-state index contributed by atoms with van der Waals surface area (Å²) in [5.74, 6) is 0.755. The molecule has 4 aromatic rings. The summed E-state index contributed by atoms with van der Waals surface area (Å²) in [6, 6.07) is 10.7. The summed E-state index contributed by atoms with van der Waals surface area (Å²) in [4.78, 5) is 32.8. The van der Waals surface area contributed by atoms with Crippen molar-refractivity contribution in [3.05, 3.63) is 73.9 Å². The van der Waals surface area contributed by atoms with Gasteiger partial charge in [0.2, 0.25) is 0 Å². The van der Waals surface area contributed by atoms with Crippen molar-refractivity contribution >= 4 is 5.65 Å². The van der Waals surface area contributed by atoms with Crippen LogP contribution in [-0.4, -0.2) is 26.7 Å². The number of methoxy groups -OCH3 is 1. The van der Waals surface area contributed by atoms with Gasteiger partial charge in [0.15, 0.2) is 5.65 Å². The molecule has 0 spiro atoms. The lowest BCUT2D eigenvalue weighted by molar-refractivity contribution is 0.415. The Morgan fingerprint density at radius 2 is 1.83 bits per heavy atom. The lowest BCUT2D eigenvalue weighted by atomic mass is 10.1. The maximum atomic E-state index is 12.7. The monoisotopic (exact) mass is 390 g/mol. The molecule has 3 aromatic heterocycles. The van der Waals surface area contributed by atoms with Gasteiger partial charge in [-0.1, -0.05) is 6.92 Å². The number of ether oxygens (including phenoxy) is 1. The molecular formula is C22H22N4O3. The van der Waals surface area contributed by atoms with Gasteiger partial charge in [0.25, 0.3) is 11.1 Å². The third kappa shape index (κ3) is 3.14. The second-order valence-corrected chi connectivity index (χ2v) is 7.01. The van der Waals surface area contributed by atoms with Crippen LogP contribution in [0.15, 0.2) is 46.0 Å². The first-order chi connectivity index (χ1) is 13.9. The van der Waals surface area contributed by atoms with E-state index in [1.165, 1.54) is 10.6 Å². The summed E-state index contributed by atoms with van der Waals surface area (Å²) >= 11 is 0. The Morgan fingerprint density at radius 1 is 1.10 bits per heavy atom. The van der Waals surface area contributed by atoms with Crippen LogP contribution in [0, 0.1) is 13.8 Å². The van der Waals surface area contributed by atoms with E-state index in [1.807, 2.05) is 45.0 Å². The van der Waals surface area contributed by atoms with Crippen LogP contribution < -0.4 is 15.9 Å². The van der Waals surface area contributed by atoms with E-state index in [-0.39, 0.29) is 11.1 Å². The van der Waals surface area contributed by atoms with Gasteiger partial charge >= 0.3 is 0 Å². The zero-order valence-corrected chi connectivity index (χ0v) is 16.8. The highest BCUT2D eigenvalue weighted by Crippen LogP contribution is 2.26. The lowest BCUT2D eigenvalue weighted by Crippen LogP contribution is -2.18. The molecule has 0 unspecified atom stereocenters. The number of aryl methyl sites for hydroxylation is 3. The quantitative estimate of drug-likeness (QED) is 0.560. The van der Waals surface area contributed by atoms with Crippen molar-refractivity contribution in [2.75, 3.05) is 7.11 Å². The maximum Gasteiger partial charge on any atom is 0.273 e. The summed E-state index contributed by atoms with van der Waals surface area (Å²) in [5.41, 5.74) is 5.12. The Kier molecular flexibility index (Phi) is 4.58. The normalized spacial score (nSPS) is 11.2. The number of pyridine rings is 1. The van der Waals surface area contributed by atoms with Crippen LogP contribution in [-0.2, 0) is 6.42 Å². The van der Waals surface area contributed by atoms with E-state index in [1.54, 1.807) is 13.2 Å². The topological polar surface area (TPSA) is 92.2 Å². The number of hydrogen-bond acceptors (Lipinski definition) is 4. The standard InChI is InChI=1S/C22H22N4O3/c1-5-17-12(2)10-16(22(28)24-17)18-11-19(27)26-21(23-18)13(3)20(25-26)14-6-8-15(29-4)9-7-14/h6-11,25H,5H2,1-4H3,(H,24,28). The van der Waals surface area contributed by atoms with E-state index in [0.29, 0.717) is 16.9 Å². The van der Waals surface area contributed by atoms with Gasteiger partial charge in [-0.25, -0.2) is 9.50 Å². The van der Waals surface area contributed by atoms with Gasteiger partial charge < -0.3 is 9.72 Å². The first kappa shape index (κ1) is 18.7. The number of aromatic nitrogens is 4. The molecular weight excluding hydrogens is 368 g/mol. The summed E-state index contributed by atoms with van der Waals surface area (Å²) in [5, 5.41) is 3.12. The zero-order chi connectivity index (χ0) is 20.7. The van der Waals surface area contributed by atoms with E-state index in [2.05, 4.69) is 15.1 Å². The number of benzene rings is 1. The Labute approximate surface area is 167 Å². The van der Waals surface area contributed by atoms with Gasteiger partial charge in [0.1, 0.15) is 5.75 Å². The van der Waals surface area contributed by atoms with Crippen LogP contribution in [0.25, 0.3) is 28.2 Å². The van der Waals surface area contributed by atoms with Crippen molar-refractivity contribution in [2.24, 2.45) is 0 Å². The summed E-state index contributed by atoms with van der Waals surface area (Å²) < 4.78 is 6.61. The molecule has 0 fully saturated rings. The minimum atomic E-state index is -0.274. The summed E-state index contributed by atoms with van der Waals surface area (Å²) in [6.45, 7) is 5.82. The number of rotatable bonds is 4. The van der Waals surface area contributed by atoms with Crippen LogP contribution in [0.5, 0.6) is 5.75 Å². The second-order valence-electron chi connectivity index (χ2n) is 7.01. The molecule has 148 valence electrons. The fourth-order valence-corrected chi connectivity index (χ4v) is 3.56. The fraction of sp³-hybridized carbons (Fsp3) is 0.227. The van der Waals surface area contributed by atoms with E-state index >= 15 is 0 Å². The Balaban J connectivity index is 1.90. The molecule has 0 saturated carbocycles. The first-order valence-corrected chi connectivity index (χ1v) is 9.43. The molecule has 0 bridgehead atoms. The minimum absolute atomic E-state index is 0.243. The van der Waals surface area contributed by atoms with Gasteiger partial charge in [-0.2, -0.15) is 0 Å². The van der Waals surface area contributed by atoms with Crippen molar-refractivity contribution < 1.29 is 4.74 Å². The summed E-state index contributed by atoms with van der Waals surface area (Å²) in [6.07, 6.45) is 0.735. The fourth-order valence-electron chi connectivity index (χ4n) is 3.56. The van der Waals surface area contributed by atoms with Crippen molar-refractivity contribution in [1.82, 2.24) is 19.6 Å². The molecule has 0 aliphatic heterocycles. The molecule has 0 radical (unpaired) electrons. The Hall–Kier alpha value is -3.61. The van der Waals surface area contributed by atoms with Crippen molar-refractivity contribution in [3.8, 4) is 28.3 Å². The molecule has 29 heavy (non-hydrogen) atoms. The first-order valence-electron chi connectivity index (χ1n) is 9.43. The number of nitrogens with one attached hydrogen (secondary N) is 2. The van der Waals surface area contributed by atoms with Gasteiger partial charge in [0, 0.05) is 22.9 Å². The van der Waals surface area contributed by atoms with Gasteiger partial charge in [-0.05, 0) is 56.2 Å². The van der Waals surface area contributed by atoms with Crippen LogP contribution in [0.4, 0.5) is 0 Å². The zero-order valence-electron chi connectivity index (χ0n) is 16.8. The van der Waals surface area contributed by atoms with E-state index < -0.39 is 0 Å². The van der Waals surface area contributed by atoms with Crippen LogP contribution in [0.2, 0.25) is 0 Å². The second kappa shape index (κ2) is 7.09. The van der Waals surface area contributed by atoms with Gasteiger partial charge in [-0.3, -0.25) is 14.7 Å². The maximum absolute atomic E-state index is 12.7. The molecule has 7 nitrogen and oxygen atoms in total. The molecule has 1 aromatic carbocycles. The Bertz CT molecular complexity index is 1330. The molecule has 4 rings (SSSR count). The third-order valence-electron chi connectivity index (χ3n) is 5.21. The van der Waals surface area contributed by atoms with Crippen LogP contribution in [0.1, 0.15) is 23.7 Å². The average Bonchev–Trinajstić information content (AvgIpc) is 3.06. The van der Waals surface area contributed by atoms with Gasteiger partial charge in [-0.15, -0.1) is 0 Å². The number of aromatic amines is 2. The molecule has 0 aliphatic carbocycles. The molecule has 0 saturated heterocycles. The average molecular weight is 390 g/mol. The van der Waals surface area contributed by atoms with E-state index in [0.717, 1.165) is 40.2 Å². The molecule has 0 amide bonds. The number of hydrogen-bond donors (Lipinski definition) is 2. The molecule has 7 heteroatoms. The highest BCUT2D eigenvalue weighted by molar-refractivity contribution is 5.72. The highest BCUT2D eigenvalue weighted by Gasteiger charge is 2.16. The van der Waals surface area contributed by atoms with Crippen LogP contribution >= 0.6 is 0 Å². The smallest absolute Gasteiger partial charge is 0.273 e. The van der Waals surface area contributed by atoms with Crippen molar-refractivity contribution in [3.63, 3.8) is 0 Å². The highest BCUT2D eigenvalue weighted by atomic mass is 16.5. The van der Waals surface area contributed by atoms with E-state index in [4.69, 9.17) is 4.74 Å². The number of fused-ring (bicyclic) bond motifs is 1. The minimum Gasteiger partial charge on any atom is -0.497 e. The largest absolute Gasteiger partial charge is 0.497 e. The molecule has 0 atom stereocenters. The lowest BCUT2D eigenvalue weighted by Gasteiger charge is -2.06. The molecule has 3 heterocycles.